The minimum atomic E-state index is -1.21. The summed E-state index contributed by atoms with van der Waals surface area (Å²) in [7, 11) is 0. The number of thiocarbonyl (C=S) groups is 1. The zero-order valence-corrected chi connectivity index (χ0v) is 15.6. The number of rotatable bonds is 7. The molecular weight excluding hydrogens is 370 g/mol. The first-order valence-corrected chi connectivity index (χ1v) is 8.13. The molecule has 0 bridgehead atoms. The fourth-order valence-electron chi connectivity index (χ4n) is 2.43. The van der Waals surface area contributed by atoms with E-state index < -0.39 is 54.5 Å². The molecule has 1 fully saturated rings. The Morgan fingerprint density at radius 3 is 1.85 bits per heavy atom. The summed E-state index contributed by atoms with van der Waals surface area (Å²) in [5.41, 5.74) is 1.13. The van der Waals surface area contributed by atoms with Gasteiger partial charge in [0.25, 0.3) is 0 Å². The van der Waals surface area contributed by atoms with Gasteiger partial charge in [-0.2, -0.15) is 0 Å². The third-order valence-electron chi connectivity index (χ3n) is 3.22. The van der Waals surface area contributed by atoms with Gasteiger partial charge in [0.1, 0.15) is 12.7 Å². The van der Waals surface area contributed by atoms with Crippen LogP contribution in [0.4, 0.5) is 0 Å². The van der Waals surface area contributed by atoms with E-state index in [-0.39, 0.29) is 6.61 Å². The smallest absolute Gasteiger partial charge is 0.303 e. The third-order valence-corrected chi connectivity index (χ3v) is 3.36. The van der Waals surface area contributed by atoms with Crippen molar-refractivity contribution in [2.75, 3.05) is 6.61 Å². The molecule has 1 heterocycles. The molecule has 0 amide bonds. The quantitative estimate of drug-likeness (QED) is 0.346. The molecule has 1 rings (SSSR count). The Hall–Kier alpha value is -2.27. The van der Waals surface area contributed by atoms with Gasteiger partial charge < -0.3 is 29.0 Å². The summed E-state index contributed by atoms with van der Waals surface area (Å²) in [5, 5.41) is 2.65. The molecule has 0 unspecified atom stereocenters. The van der Waals surface area contributed by atoms with Crippen LogP contribution in [0.15, 0.2) is 0 Å². The van der Waals surface area contributed by atoms with E-state index in [1.165, 1.54) is 6.92 Å². The van der Waals surface area contributed by atoms with Crippen LogP contribution in [0.1, 0.15) is 27.7 Å². The average molecular weight is 391 g/mol. The van der Waals surface area contributed by atoms with Crippen LogP contribution in [0.3, 0.4) is 0 Å². The van der Waals surface area contributed by atoms with Gasteiger partial charge in [-0.15, -0.1) is 0 Å². The van der Waals surface area contributed by atoms with Crippen LogP contribution in [-0.4, -0.2) is 66.6 Å². The van der Waals surface area contributed by atoms with E-state index in [0.29, 0.717) is 0 Å². The molecule has 0 aliphatic carbocycles. The molecule has 1 aliphatic rings. The van der Waals surface area contributed by atoms with Crippen molar-refractivity contribution < 1.29 is 42.9 Å². The van der Waals surface area contributed by atoms with Crippen LogP contribution in [0.25, 0.3) is 0 Å². The van der Waals surface area contributed by atoms with Gasteiger partial charge in [-0.25, -0.2) is 0 Å². The normalized spacial score (nSPS) is 27.6. The molecule has 5 atom stereocenters. The molecule has 1 N–H and O–H groups in total. The van der Waals surface area contributed by atoms with Crippen LogP contribution in [0.5, 0.6) is 0 Å². The van der Waals surface area contributed by atoms with Crippen molar-refractivity contribution in [2.45, 2.75) is 58.3 Å². The van der Waals surface area contributed by atoms with Crippen molar-refractivity contribution in [3.63, 3.8) is 0 Å². The Morgan fingerprint density at radius 2 is 1.38 bits per heavy atom. The zero-order valence-electron chi connectivity index (χ0n) is 14.8. The van der Waals surface area contributed by atoms with Crippen LogP contribution >= 0.6 is 12.2 Å². The zero-order chi connectivity index (χ0) is 19.9. The highest BCUT2D eigenvalue weighted by atomic mass is 32.1. The van der Waals surface area contributed by atoms with Crippen molar-refractivity contribution in [1.82, 2.24) is 5.32 Å². The maximum absolute atomic E-state index is 11.5. The Kier molecular flexibility index (Phi) is 8.39. The Balaban J connectivity index is 3.24. The molecule has 1 aliphatic heterocycles. The lowest BCUT2D eigenvalue weighted by Gasteiger charge is -2.44. The van der Waals surface area contributed by atoms with E-state index in [4.69, 9.17) is 35.9 Å². The Morgan fingerprint density at radius 1 is 0.885 bits per heavy atom. The summed E-state index contributed by atoms with van der Waals surface area (Å²) in [5.74, 6) is -2.64. The predicted molar refractivity (Wildman–Crippen MR) is 88.7 cm³/mol. The summed E-state index contributed by atoms with van der Waals surface area (Å²) < 4.78 is 26.2. The Labute approximate surface area is 155 Å². The van der Waals surface area contributed by atoms with E-state index in [1.807, 2.05) is 0 Å². The highest BCUT2D eigenvalue weighted by Gasteiger charge is 2.52. The third kappa shape index (κ3) is 6.56. The molecule has 11 heteroatoms. The topological polar surface area (TPSA) is 126 Å². The predicted octanol–water partition coefficient (Wildman–Crippen LogP) is -0.384. The lowest BCUT2D eigenvalue weighted by molar-refractivity contribution is -0.254. The molecule has 0 aromatic carbocycles. The van der Waals surface area contributed by atoms with Crippen molar-refractivity contribution in [3.05, 3.63) is 0 Å². The minimum Gasteiger partial charge on any atom is -0.463 e. The highest BCUT2D eigenvalue weighted by molar-refractivity contribution is 7.78. The lowest BCUT2D eigenvalue weighted by Crippen LogP contribution is -2.65. The van der Waals surface area contributed by atoms with Gasteiger partial charge in [0.05, 0.1) is 5.49 Å². The molecular formula is C15H21NO9S. The second-order valence-electron chi connectivity index (χ2n) is 5.40. The second kappa shape index (κ2) is 10.0. The Bertz CT molecular complexity index is 567. The molecule has 26 heavy (non-hydrogen) atoms. The van der Waals surface area contributed by atoms with Gasteiger partial charge in [-0.05, 0) is 0 Å². The molecule has 0 aromatic rings. The molecule has 10 nitrogen and oxygen atoms in total. The van der Waals surface area contributed by atoms with E-state index in [1.54, 1.807) is 0 Å². The van der Waals surface area contributed by atoms with Crippen molar-refractivity contribution in [3.8, 4) is 0 Å². The van der Waals surface area contributed by atoms with E-state index in [0.717, 1.165) is 26.3 Å². The fraction of sp³-hybridized carbons (Fsp3) is 0.667. The average Bonchev–Trinajstić information content (AvgIpc) is 2.50. The number of carbonyl (C=O) groups excluding carboxylic acids is 4. The van der Waals surface area contributed by atoms with Gasteiger partial charge in [0, 0.05) is 27.7 Å². The maximum Gasteiger partial charge on any atom is 0.303 e. The summed E-state index contributed by atoms with van der Waals surface area (Å²) in [6, 6.07) is 0. The first-order chi connectivity index (χ1) is 12.1. The number of ether oxygens (including phenoxy) is 5. The van der Waals surface area contributed by atoms with Crippen molar-refractivity contribution in [1.29, 1.82) is 0 Å². The SMILES string of the molecule is CC(=O)OC[C@H]1O[C@@H](NC=S)[C@H](OC(C)=O)[C@@H](OC(C)=O)[C@@H]1OC(C)=O. The second-order valence-corrected chi connectivity index (χ2v) is 5.64. The largest absolute Gasteiger partial charge is 0.463 e. The van der Waals surface area contributed by atoms with Crippen LogP contribution in [0, 0.1) is 0 Å². The molecule has 146 valence electrons. The van der Waals surface area contributed by atoms with Gasteiger partial charge in [0.2, 0.25) is 0 Å². The van der Waals surface area contributed by atoms with E-state index in [2.05, 4.69) is 5.32 Å². The first-order valence-electron chi connectivity index (χ1n) is 7.65. The van der Waals surface area contributed by atoms with Gasteiger partial charge in [0.15, 0.2) is 24.5 Å². The fourth-order valence-corrected chi connectivity index (χ4v) is 2.56. The molecule has 1 saturated heterocycles. The monoisotopic (exact) mass is 391 g/mol. The first kappa shape index (κ1) is 21.8. The number of carbonyl (C=O) groups is 4. The van der Waals surface area contributed by atoms with E-state index >= 15 is 0 Å². The van der Waals surface area contributed by atoms with Crippen LogP contribution in [-0.2, 0) is 42.9 Å². The van der Waals surface area contributed by atoms with Crippen molar-refractivity contribution >= 4 is 41.6 Å². The summed E-state index contributed by atoms with van der Waals surface area (Å²) in [6.45, 7) is 4.36. The van der Waals surface area contributed by atoms with Crippen LogP contribution < -0.4 is 5.32 Å². The standard InChI is InChI=1S/C15H21NO9S/c1-7(17)21-5-11-12(22-8(2)18)13(23-9(3)19)14(24-10(4)20)15(25-11)16-6-26/h6,11-15H,5H2,1-4H3,(H,16,26)/t11-,12-,13+,14-,15-/m1/s1. The minimum absolute atomic E-state index is 0.284. The molecule has 0 aromatic heterocycles. The number of esters is 4. The highest BCUT2D eigenvalue weighted by Crippen LogP contribution is 2.28. The van der Waals surface area contributed by atoms with E-state index in [9.17, 15) is 19.2 Å². The maximum atomic E-state index is 11.5. The number of hydrogen-bond donors (Lipinski definition) is 1. The molecule has 0 radical (unpaired) electrons. The summed E-state index contributed by atoms with van der Waals surface area (Å²) in [4.78, 5) is 45.6. The summed E-state index contributed by atoms with van der Waals surface area (Å²) >= 11 is 4.73. The number of hydrogen-bond acceptors (Lipinski definition) is 10. The molecule has 0 spiro atoms. The number of nitrogens with one attached hydrogen (secondary N) is 1. The van der Waals surface area contributed by atoms with Gasteiger partial charge >= 0.3 is 23.9 Å². The van der Waals surface area contributed by atoms with Gasteiger partial charge in [-0.3, -0.25) is 19.2 Å². The molecule has 0 saturated carbocycles. The van der Waals surface area contributed by atoms with Crippen molar-refractivity contribution in [2.24, 2.45) is 0 Å². The summed E-state index contributed by atoms with van der Waals surface area (Å²) in [6.07, 6.45) is -5.56. The lowest BCUT2D eigenvalue weighted by atomic mass is 9.97. The van der Waals surface area contributed by atoms with Crippen LogP contribution in [0.2, 0.25) is 0 Å². The van der Waals surface area contributed by atoms with Gasteiger partial charge in [-0.1, -0.05) is 12.2 Å².